The fourth-order valence-corrected chi connectivity index (χ4v) is 2.54. The Morgan fingerprint density at radius 2 is 2.00 bits per heavy atom. The van der Waals surface area contributed by atoms with Crippen molar-refractivity contribution in [2.24, 2.45) is 5.10 Å². The number of aryl methyl sites for hydroxylation is 1. The maximum absolute atomic E-state index is 10.3. The van der Waals surface area contributed by atoms with E-state index in [4.69, 9.17) is 0 Å². The maximum atomic E-state index is 10.3. The van der Waals surface area contributed by atoms with Gasteiger partial charge in [0.1, 0.15) is 0 Å². The molecular formula is C12H13N3OS. The number of amides is 1. The minimum absolute atomic E-state index is 0.569. The quantitative estimate of drug-likeness (QED) is 0.651. The number of hydrogen-bond donors (Lipinski definition) is 1. The van der Waals surface area contributed by atoms with E-state index in [-0.39, 0.29) is 0 Å². The summed E-state index contributed by atoms with van der Waals surface area (Å²) in [6, 6.07) is 9.95. The van der Waals surface area contributed by atoms with Crippen LogP contribution < -0.4 is 10.2 Å². The number of carbonyl (C=O) groups is 1. The number of nitrogens with one attached hydrogen (secondary N) is 1. The van der Waals surface area contributed by atoms with Gasteiger partial charge in [0.2, 0.25) is 11.2 Å². The lowest BCUT2D eigenvalue weighted by Gasteiger charge is -2.05. The minimum atomic E-state index is 0.569. The van der Waals surface area contributed by atoms with E-state index in [1.54, 1.807) is 11.3 Å². The Morgan fingerprint density at radius 3 is 2.65 bits per heavy atom. The van der Waals surface area contributed by atoms with Gasteiger partial charge < -0.3 is 0 Å². The molecule has 4 nitrogen and oxygen atoms in total. The summed E-state index contributed by atoms with van der Waals surface area (Å²) < 4.78 is 2.02. The van der Waals surface area contributed by atoms with Crippen LogP contribution in [-0.4, -0.2) is 11.0 Å². The second kappa shape index (κ2) is 4.97. The van der Waals surface area contributed by atoms with Crippen LogP contribution in [0.4, 0.5) is 0 Å². The van der Waals surface area contributed by atoms with Crippen LogP contribution in [0.25, 0.3) is 5.69 Å². The lowest BCUT2D eigenvalue weighted by atomic mass is 10.3. The Morgan fingerprint density at radius 1 is 1.29 bits per heavy atom. The Kier molecular flexibility index (Phi) is 3.39. The number of rotatable bonds is 3. The van der Waals surface area contributed by atoms with E-state index < -0.39 is 0 Å². The number of carbonyl (C=O) groups excluding carboxylic acids is 1. The van der Waals surface area contributed by atoms with Crippen molar-refractivity contribution < 1.29 is 4.79 Å². The van der Waals surface area contributed by atoms with Gasteiger partial charge in [0.25, 0.3) is 0 Å². The van der Waals surface area contributed by atoms with E-state index in [1.807, 2.05) is 48.7 Å². The fraction of sp³-hybridized carbons (Fsp3) is 0.167. The average molecular weight is 247 g/mol. The monoisotopic (exact) mass is 247 g/mol. The molecule has 0 unspecified atom stereocenters. The highest BCUT2D eigenvalue weighted by atomic mass is 32.1. The van der Waals surface area contributed by atoms with E-state index >= 15 is 0 Å². The average Bonchev–Trinajstić information content (AvgIpc) is 2.64. The SMILES string of the molecule is Cc1sc(=NNC=O)n(-c2ccccc2)c1C. The Balaban J connectivity index is 2.64. The third-order valence-corrected chi connectivity index (χ3v) is 3.57. The van der Waals surface area contributed by atoms with Gasteiger partial charge in [0.05, 0.1) is 0 Å². The molecule has 0 atom stereocenters. The molecule has 0 fully saturated rings. The summed E-state index contributed by atoms with van der Waals surface area (Å²) >= 11 is 1.55. The smallest absolute Gasteiger partial charge is 0.227 e. The van der Waals surface area contributed by atoms with Crippen LogP contribution >= 0.6 is 11.3 Å². The zero-order chi connectivity index (χ0) is 12.3. The van der Waals surface area contributed by atoms with Crippen molar-refractivity contribution in [3.05, 3.63) is 45.7 Å². The molecule has 0 saturated heterocycles. The number of hydrogen-bond acceptors (Lipinski definition) is 3. The number of nitrogens with zero attached hydrogens (tertiary/aromatic N) is 2. The number of para-hydroxylation sites is 1. The highest BCUT2D eigenvalue weighted by molar-refractivity contribution is 7.09. The third kappa shape index (κ3) is 2.29. The van der Waals surface area contributed by atoms with E-state index in [1.165, 1.54) is 4.88 Å². The van der Waals surface area contributed by atoms with Crippen LogP contribution in [0, 0.1) is 13.8 Å². The first-order valence-corrected chi connectivity index (χ1v) is 6.03. The molecule has 1 amide bonds. The van der Waals surface area contributed by atoms with Gasteiger partial charge in [0, 0.05) is 16.3 Å². The third-order valence-electron chi connectivity index (χ3n) is 2.51. The molecule has 5 heteroatoms. The molecule has 0 bridgehead atoms. The minimum Gasteiger partial charge on any atom is -0.288 e. The molecule has 2 aromatic rings. The number of thiazole rings is 1. The topological polar surface area (TPSA) is 46.4 Å². The Hall–Kier alpha value is -1.88. The molecule has 0 spiro atoms. The first-order valence-electron chi connectivity index (χ1n) is 5.21. The normalized spacial score (nSPS) is 11.5. The van der Waals surface area contributed by atoms with Gasteiger partial charge in [-0.1, -0.05) is 29.5 Å². The van der Waals surface area contributed by atoms with Crippen LogP contribution in [0.2, 0.25) is 0 Å². The number of aromatic nitrogens is 1. The summed E-state index contributed by atoms with van der Waals surface area (Å²) in [5.74, 6) is 0. The van der Waals surface area contributed by atoms with E-state index in [0.717, 1.165) is 16.2 Å². The molecule has 0 radical (unpaired) electrons. The van der Waals surface area contributed by atoms with Gasteiger partial charge in [-0.2, -0.15) is 0 Å². The van der Waals surface area contributed by atoms with Crippen LogP contribution in [0.3, 0.4) is 0 Å². The first-order chi connectivity index (χ1) is 8.24. The Bertz CT molecular complexity index is 584. The summed E-state index contributed by atoms with van der Waals surface area (Å²) in [5.41, 5.74) is 4.52. The molecule has 88 valence electrons. The summed E-state index contributed by atoms with van der Waals surface area (Å²) in [5, 5.41) is 4.05. The second-order valence-corrected chi connectivity index (χ2v) is 4.74. The lowest BCUT2D eigenvalue weighted by Crippen LogP contribution is -2.18. The van der Waals surface area contributed by atoms with E-state index in [9.17, 15) is 4.79 Å². The predicted molar refractivity (Wildman–Crippen MR) is 67.9 cm³/mol. The summed E-state index contributed by atoms with van der Waals surface area (Å²) in [6.07, 6.45) is 0.569. The van der Waals surface area contributed by atoms with Crippen LogP contribution in [0.5, 0.6) is 0 Å². The summed E-state index contributed by atoms with van der Waals surface area (Å²) in [7, 11) is 0. The van der Waals surface area contributed by atoms with Crippen LogP contribution in [0.1, 0.15) is 10.6 Å². The van der Waals surface area contributed by atoms with Crippen LogP contribution in [0.15, 0.2) is 35.4 Å². The zero-order valence-corrected chi connectivity index (χ0v) is 10.5. The van der Waals surface area contributed by atoms with Crippen molar-refractivity contribution in [1.82, 2.24) is 9.99 Å². The number of benzene rings is 1. The van der Waals surface area contributed by atoms with Crippen molar-refractivity contribution in [2.45, 2.75) is 13.8 Å². The van der Waals surface area contributed by atoms with Gasteiger partial charge >= 0.3 is 0 Å². The molecular weight excluding hydrogens is 234 g/mol. The molecule has 0 aliphatic rings. The molecule has 1 aromatic heterocycles. The lowest BCUT2D eigenvalue weighted by molar-refractivity contribution is -0.109. The summed E-state index contributed by atoms with van der Waals surface area (Å²) in [4.78, 5) is 12.3. The van der Waals surface area contributed by atoms with Crippen molar-refractivity contribution in [2.75, 3.05) is 0 Å². The molecule has 1 aromatic carbocycles. The van der Waals surface area contributed by atoms with Gasteiger partial charge in [-0.15, -0.1) is 5.10 Å². The van der Waals surface area contributed by atoms with Crippen LogP contribution in [-0.2, 0) is 4.79 Å². The van der Waals surface area contributed by atoms with E-state index in [0.29, 0.717) is 6.41 Å². The zero-order valence-electron chi connectivity index (χ0n) is 9.68. The molecule has 17 heavy (non-hydrogen) atoms. The summed E-state index contributed by atoms with van der Waals surface area (Å²) in [6.45, 7) is 4.08. The highest BCUT2D eigenvalue weighted by Gasteiger charge is 2.07. The Labute approximate surface area is 103 Å². The van der Waals surface area contributed by atoms with Crippen molar-refractivity contribution in [1.29, 1.82) is 0 Å². The fourth-order valence-electron chi connectivity index (χ4n) is 1.59. The van der Waals surface area contributed by atoms with E-state index in [2.05, 4.69) is 10.5 Å². The molecule has 0 aliphatic carbocycles. The van der Waals surface area contributed by atoms with Gasteiger partial charge in [-0.25, -0.2) is 5.43 Å². The molecule has 2 rings (SSSR count). The maximum Gasteiger partial charge on any atom is 0.227 e. The van der Waals surface area contributed by atoms with Gasteiger partial charge in [0.15, 0.2) is 0 Å². The molecule has 1 heterocycles. The predicted octanol–water partition coefficient (Wildman–Crippen LogP) is 1.72. The van der Waals surface area contributed by atoms with Gasteiger partial charge in [-0.05, 0) is 26.0 Å². The van der Waals surface area contributed by atoms with Crippen molar-refractivity contribution in [3.8, 4) is 5.69 Å². The first kappa shape index (κ1) is 11.6. The standard InChI is InChI=1S/C12H13N3OS/c1-9-10(2)17-12(14-13-8-16)15(9)11-6-4-3-5-7-11/h3-8H,1-2H3,(H,13,16). The molecule has 1 N–H and O–H groups in total. The van der Waals surface area contributed by atoms with Crippen molar-refractivity contribution >= 4 is 17.7 Å². The second-order valence-electron chi connectivity index (χ2n) is 3.56. The molecule has 0 aliphatic heterocycles. The van der Waals surface area contributed by atoms with Crippen molar-refractivity contribution in [3.63, 3.8) is 0 Å². The largest absolute Gasteiger partial charge is 0.288 e. The highest BCUT2D eigenvalue weighted by Crippen LogP contribution is 2.15. The van der Waals surface area contributed by atoms with Gasteiger partial charge in [-0.3, -0.25) is 9.36 Å². The molecule has 0 saturated carbocycles.